The molecule has 86 valence electrons. The summed E-state index contributed by atoms with van der Waals surface area (Å²) in [6, 6.07) is 4.25. The number of thiophene rings is 1. The summed E-state index contributed by atoms with van der Waals surface area (Å²) in [5.41, 5.74) is 0. The smallest absolute Gasteiger partial charge is 0.378 e. The number of allylic oxidation sites excluding steroid dienone is 1. The summed E-state index contributed by atoms with van der Waals surface area (Å²) >= 11 is 3.71. The Kier molecular flexibility index (Phi) is 4.97. The van der Waals surface area contributed by atoms with Crippen molar-refractivity contribution in [1.82, 2.24) is 5.32 Å². The van der Waals surface area contributed by atoms with Crippen LogP contribution in [0, 0.1) is 0 Å². The van der Waals surface area contributed by atoms with Crippen LogP contribution in [0.3, 0.4) is 0 Å². The fraction of sp³-hybridized carbons (Fsp3) is 0.455. The second-order valence-corrected chi connectivity index (χ2v) is 5.76. The number of hydrogen-bond acceptors (Lipinski definition) is 4. The summed E-state index contributed by atoms with van der Waals surface area (Å²) < 4.78 is 7.29. The van der Waals surface area contributed by atoms with Crippen molar-refractivity contribution in [3.05, 3.63) is 28.4 Å². The molecule has 0 saturated heterocycles. The lowest BCUT2D eigenvalue weighted by Crippen LogP contribution is -2.34. The van der Waals surface area contributed by atoms with Gasteiger partial charge in [-0.05, 0) is 23.7 Å². The summed E-state index contributed by atoms with van der Waals surface area (Å²) in [4.78, 5) is 1.39. The third-order valence-corrected chi connectivity index (χ3v) is 4.50. The average Bonchev–Trinajstić information content (AvgIpc) is 2.97. The molecule has 0 aromatic carbocycles. The number of hydrogen-bond donors (Lipinski definition) is 1. The lowest BCUT2D eigenvalue weighted by Gasteiger charge is -2.13. The van der Waals surface area contributed by atoms with E-state index in [1.165, 1.54) is 21.8 Å². The minimum atomic E-state index is 0.167. The molecular formula is C11H16BNOS2. The molecule has 2 heterocycles. The van der Waals surface area contributed by atoms with Crippen LogP contribution >= 0.6 is 23.1 Å². The van der Waals surface area contributed by atoms with E-state index in [4.69, 9.17) is 4.65 Å². The van der Waals surface area contributed by atoms with Gasteiger partial charge in [0.1, 0.15) is 0 Å². The fourth-order valence-electron chi connectivity index (χ4n) is 1.64. The highest BCUT2D eigenvalue weighted by Crippen LogP contribution is 2.27. The van der Waals surface area contributed by atoms with Crippen LogP contribution in [0.4, 0.5) is 0 Å². The second-order valence-electron chi connectivity index (χ2n) is 3.61. The van der Waals surface area contributed by atoms with Gasteiger partial charge >= 0.3 is 6.92 Å². The maximum atomic E-state index is 5.97. The molecule has 1 aliphatic heterocycles. The summed E-state index contributed by atoms with van der Waals surface area (Å²) in [5, 5.41) is 5.23. The van der Waals surface area contributed by atoms with Crippen LogP contribution in [0.15, 0.2) is 28.4 Å². The molecule has 0 aliphatic carbocycles. The van der Waals surface area contributed by atoms with Gasteiger partial charge in [0, 0.05) is 23.7 Å². The van der Waals surface area contributed by atoms with Gasteiger partial charge in [0.25, 0.3) is 0 Å². The average molecular weight is 253 g/mol. The van der Waals surface area contributed by atoms with Gasteiger partial charge in [-0.1, -0.05) is 18.2 Å². The Balaban J connectivity index is 2.01. The zero-order chi connectivity index (χ0) is 11.2. The van der Waals surface area contributed by atoms with Crippen LogP contribution in [0.25, 0.3) is 0 Å². The number of likely N-dealkylation sites (N-methyl/N-ethyl adjacent to an activating group) is 1. The van der Waals surface area contributed by atoms with Gasteiger partial charge in [0.05, 0.1) is 0 Å². The van der Waals surface area contributed by atoms with E-state index in [0.29, 0.717) is 0 Å². The standard InChI is InChI=1S/C11H16BNOS2/c1-13-6-7-14-12(10-4-2-8-15-10)11-5-3-9-16-11/h2,4-5,8,13H,3,6-7,9H2,1H3. The lowest BCUT2D eigenvalue weighted by molar-refractivity contribution is 0.333. The number of rotatable bonds is 6. The van der Waals surface area contributed by atoms with Crippen LogP contribution in [0.5, 0.6) is 0 Å². The van der Waals surface area contributed by atoms with Crippen LogP contribution < -0.4 is 10.1 Å². The van der Waals surface area contributed by atoms with Crippen LogP contribution in [0.1, 0.15) is 6.42 Å². The van der Waals surface area contributed by atoms with E-state index in [-0.39, 0.29) is 6.92 Å². The van der Waals surface area contributed by atoms with Gasteiger partial charge < -0.3 is 9.97 Å². The zero-order valence-corrected chi connectivity index (χ0v) is 11.1. The molecule has 1 aromatic rings. The van der Waals surface area contributed by atoms with E-state index in [0.717, 1.165) is 13.2 Å². The van der Waals surface area contributed by atoms with Gasteiger partial charge in [-0.15, -0.1) is 11.8 Å². The Morgan fingerprint density at radius 1 is 1.56 bits per heavy atom. The fourth-order valence-corrected chi connectivity index (χ4v) is 3.56. The molecule has 0 amide bonds. The molecule has 0 bridgehead atoms. The molecule has 1 N–H and O–H groups in total. The lowest BCUT2D eigenvalue weighted by atomic mass is 9.65. The molecule has 0 radical (unpaired) electrons. The van der Waals surface area contributed by atoms with E-state index in [1.54, 1.807) is 11.3 Å². The first-order valence-electron chi connectivity index (χ1n) is 5.54. The van der Waals surface area contributed by atoms with Crippen molar-refractivity contribution in [2.24, 2.45) is 0 Å². The number of thioether (sulfide) groups is 1. The minimum Gasteiger partial charge on any atom is -0.425 e. The Labute approximate surface area is 106 Å². The van der Waals surface area contributed by atoms with Crippen molar-refractivity contribution in [3.63, 3.8) is 0 Å². The molecule has 2 nitrogen and oxygen atoms in total. The van der Waals surface area contributed by atoms with Gasteiger partial charge in [-0.25, -0.2) is 0 Å². The SMILES string of the molecule is CNCCOB(C1=CCCS1)c1cccs1. The van der Waals surface area contributed by atoms with Crippen molar-refractivity contribution in [2.45, 2.75) is 6.42 Å². The maximum absolute atomic E-state index is 5.97. The van der Waals surface area contributed by atoms with Gasteiger partial charge in [0.2, 0.25) is 0 Å². The Morgan fingerprint density at radius 2 is 2.50 bits per heavy atom. The predicted octanol–water partition coefficient (Wildman–Crippen LogP) is 1.74. The molecule has 0 spiro atoms. The molecule has 0 unspecified atom stereocenters. The molecule has 1 aliphatic rings. The third kappa shape index (κ3) is 3.14. The predicted molar refractivity (Wildman–Crippen MR) is 74.7 cm³/mol. The second kappa shape index (κ2) is 6.50. The molecular weight excluding hydrogens is 237 g/mol. The quantitative estimate of drug-likeness (QED) is 0.616. The highest BCUT2D eigenvalue weighted by Gasteiger charge is 2.26. The Morgan fingerprint density at radius 3 is 3.12 bits per heavy atom. The molecule has 0 fully saturated rings. The first-order valence-corrected chi connectivity index (χ1v) is 7.41. The molecule has 1 aromatic heterocycles. The van der Waals surface area contributed by atoms with Crippen molar-refractivity contribution in [3.8, 4) is 0 Å². The van der Waals surface area contributed by atoms with E-state index < -0.39 is 0 Å². The van der Waals surface area contributed by atoms with E-state index in [9.17, 15) is 0 Å². The first-order chi connectivity index (χ1) is 7.92. The van der Waals surface area contributed by atoms with E-state index in [2.05, 4.69) is 28.9 Å². The van der Waals surface area contributed by atoms with Gasteiger partial charge in [0.15, 0.2) is 0 Å². The molecule has 2 rings (SSSR count). The Bertz CT molecular complexity index is 340. The molecule has 16 heavy (non-hydrogen) atoms. The van der Waals surface area contributed by atoms with Crippen molar-refractivity contribution in [2.75, 3.05) is 26.0 Å². The van der Waals surface area contributed by atoms with Crippen LogP contribution in [-0.2, 0) is 4.65 Å². The van der Waals surface area contributed by atoms with Gasteiger partial charge in [-0.2, -0.15) is 11.3 Å². The van der Waals surface area contributed by atoms with E-state index in [1.807, 2.05) is 18.8 Å². The maximum Gasteiger partial charge on any atom is 0.378 e. The topological polar surface area (TPSA) is 21.3 Å². The normalized spacial score (nSPS) is 15.2. The van der Waals surface area contributed by atoms with Crippen molar-refractivity contribution >= 4 is 34.8 Å². The van der Waals surface area contributed by atoms with E-state index >= 15 is 0 Å². The molecule has 0 saturated carbocycles. The summed E-state index contributed by atoms with van der Waals surface area (Å²) in [5.74, 6) is 1.20. The van der Waals surface area contributed by atoms with Crippen LogP contribution in [-0.4, -0.2) is 32.9 Å². The highest BCUT2D eigenvalue weighted by atomic mass is 32.2. The Hall–Kier alpha value is -0.225. The monoisotopic (exact) mass is 253 g/mol. The molecule has 0 atom stereocenters. The largest absolute Gasteiger partial charge is 0.425 e. The summed E-state index contributed by atoms with van der Waals surface area (Å²) in [6.07, 6.45) is 3.49. The third-order valence-electron chi connectivity index (χ3n) is 2.43. The van der Waals surface area contributed by atoms with Crippen molar-refractivity contribution < 1.29 is 4.65 Å². The highest BCUT2D eigenvalue weighted by molar-refractivity contribution is 8.05. The summed E-state index contributed by atoms with van der Waals surface area (Å²) in [7, 11) is 1.95. The first kappa shape index (κ1) is 12.2. The van der Waals surface area contributed by atoms with Crippen molar-refractivity contribution in [1.29, 1.82) is 0 Å². The summed E-state index contributed by atoms with van der Waals surface area (Å²) in [6.45, 7) is 1.83. The number of nitrogens with one attached hydrogen (secondary N) is 1. The molecule has 5 heteroatoms. The minimum absolute atomic E-state index is 0.167. The van der Waals surface area contributed by atoms with Crippen LogP contribution in [0.2, 0.25) is 0 Å². The zero-order valence-electron chi connectivity index (χ0n) is 9.44. The van der Waals surface area contributed by atoms with Gasteiger partial charge in [-0.3, -0.25) is 0 Å².